The summed E-state index contributed by atoms with van der Waals surface area (Å²) >= 11 is 0. The molecule has 0 radical (unpaired) electrons. The molecule has 0 unspecified atom stereocenters. The maximum Gasteiger partial charge on any atom is 0.119 e. The highest BCUT2D eigenvalue weighted by atomic mass is 16.4. The minimum atomic E-state index is -1.24. The lowest BCUT2D eigenvalue weighted by atomic mass is 10.2. The molecule has 116 valence electrons. The molecule has 0 aliphatic rings. The first-order valence-corrected chi connectivity index (χ1v) is 7.08. The molecule has 2 atom stereocenters. The summed E-state index contributed by atoms with van der Waals surface area (Å²) in [6.07, 6.45) is -1.22. The van der Waals surface area contributed by atoms with Gasteiger partial charge in [0.05, 0.1) is 25.1 Å². The number of hydrogen-bond acceptors (Lipinski definition) is 5. The molecule has 22 heavy (non-hydrogen) atoms. The molecular formula is C17H20N2O3. The highest BCUT2D eigenvalue weighted by molar-refractivity contribution is 5.65. The molecule has 5 heteroatoms. The number of hydrogen-bond donors (Lipinski definition) is 3. The number of hydrazone groups is 1. The highest BCUT2D eigenvalue weighted by Gasteiger charge is 2.13. The molecule has 2 aromatic rings. The molecule has 0 spiro atoms. The zero-order valence-electron chi connectivity index (χ0n) is 12.2. The first-order valence-electron chi connectivity index (χ1n) is 7.08. The van der Waals surface area contributed by atoms with E-state index >= 15 is 0 Å². The van der Waals surface area contributed by atoms with Crippen LogP contribution >= 0.6 is 0 Å². The number of anilines is 1. The standard InChI is InChI=1S/C17H20N2O3/c20-13-17(22)16(21)11-18-19(15-9-5-2-6-10-15)12-14-7-3-1-4-8-14/h1-11,16-17,20-22H,12-13H2/b18-11+/t16-,17-/m1/s1. The van der Waals surface area contributed by atoms with Gasteiger partial charge in [0.15, 0.2) is 0 Å². The average Bonchev–Trinajstić information content (AvgIpc) is 2.59. The lowest BCUT2D eigenvalue weighted by molar-refractivity contribution is 0.0203. The lowest BCUT2D eigenvalue weighted by Crippen LogP contribution is -2.31. The molecule has 0 saturated carbocycles. The second-order valence-corrected chi connectivity index (χ2v) is 4.88. The molecule has 0 aliphatic heterocycles. The van der Waals surface area contributed by atoms with E-state index < -0.39 is 18.8 Å². The summed E-state index contributed by atoms with van der Waals surface area (Å²) in [6.45, 7) is 0.0144. The summed E-state index contributed by atoms with van der Waals surface area (Å²) in [7, 11) is 0. The first kappa shape index (κ1) is 16.2. The van der Waals surface area contributed by atoms with Crippen LogP contribution in [0, 0.1) is 0 Å². The summed E-state index contributed by atoms with van der Waals surface area (Å²) in [5.74, 6) is 0. The van der Waals surface area contributed by atoms with Crippen molar-refractivity contribution in [3.63, 3.8) is 0 Å². The zero-order chi connectivity index (χ0) is 15.8. The van der Waals surface area contributed by atoms with Gasteiger partial charge in [0.1, 0.15) is 12.2 Å². The Balaban J connectivity index is 2.17. The van der Waals surface area contributed by atoms with Crippen molar-refractivity contribution in [3.05, 3.63) is 66.2 Å². The Morgan fingerprint density at radius 2 is 1.55 bits per heavy atom. The van der Waals surface area contributed by atoms with E-state index in [9.17, 15) is 10.2 Å². The van der Waals surface area contributed by atoms with E-state index in [-0.39, 0.29) is 0 Å². The second kappa shape index (κ2) is 8.29. The number of aliphatic hydroxyl groups excluding tert-OH is 3. The molecule has 0 fully saturated rings. The fourth-order valence-corrected chi connectivity index (χ4v) is 1.91. The van der Waals surface area contributed by atoms with Gasteiger partial charge < -0.3 is 15.3 Å². The smallest absolute Gasteiger partial charge is 0.119 e. The minimum absolute atomic E-state index is 0.517. The molecule has 0 bridgehead atoms. The van der Waals surface area contributed by atoms with Gasteiger partial charge in [-0.15, -0.1) is 0 Å². The predicted octanol–water partition coefficient (Wildman–Crippen LogP) is 1.39. The van der Waals surface area contributed by atoms with Gasteiger partial charge in [-0.1, -0.05) is 48.5 Å². The Labute approximate surface area is 129 Å². The molecule has 3 N–H and O–H groups in total. The van der Waals surface area contributed by atoms with Crippen molar-refractivity contribution in [2.45, 2.75) is 18.8 Å². The average molecular weight is 300 g/mol. The first-order chi connectivity index (χ1) is 10.7. The van der Waals surface area contributed by atoms with E-state index in [2.05, 4.69) is 5.10 Å². The van der Waals surface area contributed by atoms with Crippen LogP contribution in [-0.2, 0) is 6.54 Å². The number of rotatable bonds is 7. The molecule has 0 aromatic heterocycles. The van der Waals surface area contributed by atoms with Crippen LogP contribution < -0.4 is 5.01 Å². The van der Waals surface area contributed by atoms with Crippen LogP contribution in [0.4, 0.5) is 5.69 Å². The van der Waals surface area contributed by atoms with Crippen molar-refractivity contribution in [2.24, 2.45) is 5.10 Å². The maximum atomic E-state index is 9.69. The Hall–Kier alpha value is -2.21. The summed E-state index contributed by atoms with van der Waals surface area (Å²) in [4.78, 5) is 0. The van der Waals surface area contributed by atoms with E-state index in [1.807, 2.05) is 60.7 Å². The maximum absolute atomic E-state index is 9.69. The number of benzene rings is 2. The molecular weight excluding hydrogens is 280 g/mol. The van der Waals surface area contributed by atoms with E-state index in [4.69, 9.17) is 5.11 Å². The summed E-state index contributed by atoms with van der Waals surface area (Å²) in [5, 5.41) is 33.9. The molecule has 0 heterocycles. The number of nitrogens with zero attached hydrogens (tertiary/aromatic N) is 2. The van der Waals surface area contributed by atoms with Crippen molar-refractivity contribution in [1.82, 2.24) is 0 Å². The quantitative estimate of drug-likeness (QED) is 0.533. The summed E-state index contributed by atoms with van der Waals surface area (Å²) < 4.78 is 0. The van der Waals surface area contributed by atoms with Gasteiger partial charge >= 0.3 is 0 Å². The van der Waals surface area contributed by atoms with Crippen molar-refractivity contribution in [2.75, 3.05) is 11.6 Å². The third kappa shape index (κ3) is 4.66. The van der Waals surface area contributed by atoms with Crippen LogP contribution in [0.5, 0.6) is 0 Å². The van der Waals surface area contributed by atoms with E-state index in [0.29, 0.717) is 6.54 Å². The molecule has 5 nitrogen and oxygen atoms in total. The van der Waals surface area contributed by atoms with Crippen LogP contribution in [0.25, 0.3) is 0 Å². The van der Waals surface area contributed by atoms with Gasteiger partial charge in [0.25, 0.3) is 0 Å². The Kier molecular flexibility index (Phi) is 6.09. The van der Waals surface area contributed by atoms with Crippen molar-refractivity contribution in [1.29, 1.82) is 0 Å². The molecule has 0 aliphatic carbocycles. The Morgan fingerprint density at radius 3 is 2.14 bits per heavy atom. The van der Waals surface area contributed by atoms with Crippen LogP contribution in [0.15, 0.2) is 65.8 Å². The van der Waals surface area contributed by atoms with Crippen molar-refractivity contribution >= 4 is 11.9 Å². The predicted molar refractivity (Wildman–Crippen MR) is 86.7 cm³/mol. The van der Waals surface area contributed by atoms with Gasteiger partial charge in [0, 0.05) is 0 Å². The van der Waals surface area contributed by atoms with Gasteiger partial charge in [0.2, 0.25) is 0 Å². The zero-order valence-corrected chi connectivity index (χ0v) is 12.2. The topological polar surface area (TPSA) is 76.3 Å². The second-order valence-electron chi connectivity index (χ2n) is 4.88. The van der Waals surface area contributed by atoms with Gasteiger partial charge in [-0.2, -0.15) is 5.10 Å². The highest BCUT2D eigenvalue weighted by Crippen LogP contribution is 2.17. The molecule has 0 saturated heterocycles. The molecule has 2 rings (SSSR count). The fraction of sp³-hybridized carbons (Fsp3) is 0.235. The number of aliphatic hydroxyl groups is 3. The van der Waals surface area contributed by atoms with E-state index in [1.54, 1.807) is 5.01 Å². The van der Waals surface area contributed by atoms with E-state index in [1.165, 1.54) is 6.21 Å². The number of para-hydroxylation sites is 1. The minimum Gasteiger partial charge on any atom is -0.394 e. The van der Waals surface area contributed by atoms with Gasteiger partial charge in [-0.25, -0.2) is 0 Å². The monoisotopic (exact) mass is 300 g/mol. The van der Waals surface area contributed by atoms with Crippen molar-refractivity contribution in [3.8, 4) is 0 Å². The van der Waals surface area contributed by atoms with Gasteiger partial charge in [-0.05, 0) is 17.7 Å². The van der Waals surface area contributed by atoms with Gasteiger partial charge in [-0.3, -0.25) is 5.01 Å². The third-order valence-electron chi connectivity index (χ3n) is 3.17. The van der Waals surface area contributed by atoms with Crippen LogP contribution in [-0.4, -0.2) is 40.3 Å². The van der Waals surface area contributed by atoms with Crippen LogP contribution in [0.3, 0.4) is 0 Å². The summed E-state index contributed by atoms with van der Waals surface area (Å²) in [6, 6.07) is 19.4. The van der Waals surface area contributed by atoms with Crippen LogP contribution in [0.2, 0.25) is 0 Å². The largest absolute Gasteiger partial charge is 0.394 e. The molecule has 2 aromatic carbocycles. The summed E-state index contributed by atoms with van der Waals surface area (Å²) in [5.41, 5.74) is 1.94. The SMILES string of the molecule is OC[C@@H](O)[C@H](O)/C=N/N(Cc1ccccc1)c1ccccc1. The van der Waals surface area contributed by atoms with E-state index in [0.717, 1.165) is 11.3 Å². The fourth-order valence-electron chi connectivity index (χ4n) is 1.91. The third-order valence-corrected chi connectivity index (χ3v) is 3.17. The van der Waals surface area contributed by atoms with Crippen LogP contribution in [0.1, 0.15) is 5.56 Å². The van der Waals surface area contributed by atoms with Crippen molar-refractivity contribution < 1.29 is 15.3 Å². The lowest BCUT2D eigenvalue weighted by Gasteiger charge is -2.20. The Bertz CT molecular complexity index is 575. The molecule has 0 amide bonds. The Morgan fingerprint density at radius 1 is 0.955 bits per heavy atom. The normalized spacial score (nSPS) is 14.0.